The van der Waals surface area contributed by atoms with Gasteiger partial charge in [-0.25, -0.2) is 13.9 Å². The molecule has 4 rings (SSSR count). The highest BCUT2D eigenvalue weighted by Crippen LogP contribution is 2.32. The summed E-state index contributed by atoms with van der Waals surface area (Å²) in [5.41, 5.74) is 1.33. The molecule has 0 aliphatic carbocycles. The van der Waals surface area contributed by atoms with Gasteiger partial charge in [-0.3, -0.25) is 9.69 Å². The number of carbonyl (C=O) groups is 1. The Balaban J connectivity index is 1.76. The number of anilines is 1. The second kappa shape index (κ2) is 5.01. The SMILES string of the molecule is Cc1ccnc2nc(C(=O)N3CCOc4cc(F)ccc43)nn12. The van der Waals surface area contributed by atoms with Gasteiger partial charge in [0.2, 0.25) is 5.82 Å². The fourth-order valence-corrected chi connectivity index (χ4v) is 2.52. The van der Waals surface area contributed by atoms with Crippen LogP contribution in [0.4, 0.5) is 10.1 Å². The molecule has 0 fully saturated rings. The molecule has 0 unspecified atom stereocenters. The molecule has 3 aromatic rings. The molecule has 1 aromatic carbocycles. The number of amides is 1. The number of carbonyl (C=O) groups excluding carboxylic acids is 1. The van der Waals surface area contributed by atoms with Gasteiger partial charge in [0.25, 0.3) is 11.7 Å². The lowest BCUT2D eigenvalue weighted by atomic mass is 10.2. The van der Waals surface area contributed by atoms with Gasteiger partial charge in [0.05, 0.1) is 12.2 Å². The summed E-state index contributed by atoms with van der Waals surface area (Å²) < 4.78 is 20.2. The van der Waals surface area contributed by atoms with Crippen LogP contribution >= 0.6 is 0 Å². The molecule has 2 aromatic heterocycles. The second-order valence-corrected chi connectivity index (χ2v) is 5.15. The summed E-state index contributed by atoms with van der Waals surface area (Å²) in [5.74, 6) is -0.0395. The van der Waals surface area contributed by atoms with E-state index in [-0.39, 0.29) is 18.3 Å². The van der Waals surface area contributed by atoms with Crippen LogP contribution in [-0.2, 0) is 0 Å². The lowest BCUT2D eigenvalue weighted by molar-refractivity contribution is 0.0966. The molecule has 0 bridgehead atoms. The van der Waals surface area contributed by atoms with Gasteiger partial charge in [0.1, 0.15) is 18.2 Å². The summed E-state index contributed by atoms with van der Waals surface area (Å²) in [4.78, 5) is 22.5. The molecule has 116 valence electrons. The lowest BCUT2D eigenvalue weighted by Gasteiger charge is -2.28. The first-order valence-electron chi connectivity index (χ1n) is 7.06. The van der Waals surface area contributed by atoms with Gasteiger partial charge in [0.15, 0.2) is 0 Å². The fraction of sp³-hybridized carbons (Fsp3) is 0.200. The van der Waals surface area contributed by atoms with E-state index in [0.717, 1.165) is 5.69 Å². The quantitative estimate of drug-likeness (QED) is 0.682. The minimum atomic E-state index is -0.413. The Morgan fingerprint density at radius 3 is 3.04 bits per heavy atom. The normalized spacial score (nSPS) is 13.7. The molecule has 8 heteroatoms. The van der Waals surface area contributed by atoms with E-state index in [1.165, 1.54) is 27.6 Å². The molecule has 0 N–H and O–H groups in total. The Morgan fingerprint density at radius 1 is 1.35 bits per heavy atom. The molecular weight excluding hydrogens is 301 g/mol. The maximum Gasteiger partial charge on any atom is 0.298 e. The summed E-state index contributed by atoms with van der Waals surface area (Å²) in [6.45, 7) is 2.48. The first-order valence-corrected chi connectivity index (χ1v) is 7.06. The standard InChI is InChI=1S/C15H12FN5O2/c1-9-4-5-17-15-18-13(19-21(9)15)14(22)20-6-7-23-12-8-10(16)2-3-11(12)20/h2-5,8H,6-7H2,1H3. The number of benzene rings is 1. The van der Waals surface area contributed by atoms with E-state index in [1.807, 2.05) is 6.92 Å². The van der Waals surface area contributed by atoms with Crippen LogP contribution in [0.1, 0.15) is 16.3 Å². The van der Waals surface area contributed by atoms with Crippen molar-refractivity contribution < 1.29 is 13.9 Å². The van der Waals surface area contributed by atoms with E-state index >= 15 is 0 Å². The van der Waals surface area contributed by atoms with E-state index in [4.69, 9.17) is 4.74 Å². The van der Waals surface area contributed by atoms with Crippen LogP contribution in [0.3, 0.4) is 0 Å². The predicted octanol–water partition coefficient (Wildman–Crippen LogP) is 1.61. The summed E-state index contributed by atoms with van der Waals surface area (Å²) >= 11 is 0. The van der Waals surface area contributed by atoms with Crippen LogP contribution in [-0.4, -0.2) is 38.6 Å². The average Bonchev–Trinajstić information content (AvgIpc) is 2.99. The van der Waals surface area contributed by atoms with Gasteiger partial charge < -0.3 is 4.74 Å². The lowest BCUT2D eigenvalue weighted by Crippen LogP contribution is -2.38. The molecule has 1 amide bonds. The molecule has 3 heterocycles. The first-order chi connectivity index (χ1) is 11.1. The molecule has 0 atom stereocenters. The maximum absolute atomic E-state index is 13.3. The molecule has 1 aliphatic rings. The Hall–Kier alpha value is -3.03. The molecule has 7 nitrogen and oxygen atoms in total. The number of ether oxygens (including phenoxy) is 1. The summed E-state index contributed by atoms with van der Waals surface area (Å²) in [5, 5.41) is 4.21. The van der Waals surface area contributed by atoms with Crippen LogP contribution < -0.4 is 9.64 Å². The van der Waals surface area contributed by atoms with Crippen LogP contribution in [0.15, 0.2) is 30.5 Å². The molecular formula is C15H12FN5O2. The van der Waals surface area contributed by atoms with Crippen molar-refractivity contribution in [2.45, 2.75) is 6.92 Å². The van der Waals surface area contributed by atoms with Crippen molar-refractivity contribution in [3.05, 3.63) is 47.8 Å². The fourth-order valence-electron chi connectivity index (χ4n) is 2.52. The minimum absolute atomic E-state index is 0.0453. The molecule has 0 saturated heterocycles. The maximum atomic E-state index is 13.3. The van der Waals surface area contributed by atoms with Crippen LogP contribution in [0.25, 0.3) is 5.78 Å². The molecule has 23 heavy (non-hydrogen) atoms. The van der Waals surface area contributed by atoms with E-state index in [9.17, 15) is 9.18 Å². The predicted molar refractivity (Wildman–Crippen MR) is 79.1 cm³/mol. The number of aryl methyl sites for hydroxylation is 1. The summed E-state index contributed by atoms with van der Waals surface area (Å²) in [6, 6.07) is 5.85. The van der Waals surface area contributed by atoms with E-state index < -0.39 is 5.82 Å². The van der Waals surface area contributed by atoms with Crippen molar-refractivity contribution in [2.24, 2.45) is 0 Å². The number of aromatic nitrogens is 4. The minimum Gasteiger partial charge on any atom is -0.489 e. The third-order valence-electron chi connectivity index (χ3n) is 3.65. The highest BCUT2D eigenvalue weighted by atomic mass is 19.1. The molecule has 0 radical (unpaired) electrons. The van der Waals surface area contributed by atoms with Crippen molar-refractivity contribution in [1.29, 1.82) is 0 Å². The van der Waals surface area contributed by atoms with Crippen molar-refractivity contribution in [3.8, 4) is 5.75 Å². The van der Waals surface area contributed by atoms with Crippen LogP contribution in [0, 0.1) is 12.7 Å². The smallest absolute Gasteiger partial charge is 0.298 e. The van der Waals surface area contributed by atoms with Gasteiger partial charge >= 0.3 is 0 Å². The highest BCUT2D eigenvalue weighted by Gasteiger charge is 2.28. The van der Waals surface area contributed by atoms with Gasteiger partial charge in [0, 0.05) is 18.0 Å². The van der Waals surface area contributed by atoms with Gasteiger partial charge in [-0.05, 0) is 25.1 Å². The first kappa shape index (κ1) is 13.6. The summed E-state index contributed by atoms with van der Waals surface area (Å²) in [7, 11) is 0. The van der Waals surface area contributed by atoms with E-state index in [2.05, 4.69) is 15.1 Å². The van der Waals surface area contributed by atoms with Crippen LogP contribution in [0.5, 0.6) is 5.75 Å². The number of hydrogen-bond donors (Lipinski definition) is 0. The Labute approximate surface area is 130 Å². The van der Waals surface area contributed by atoms with Gasteiger partial charge in [-0.15, -0.1) is 5.10 Å². The topological polar surface area (TPSA) is 72.6 Å². The molecule has 0 spiro atoms. The monoisotopic (exact) mass is 313 g/mol. The number of hydrogen-bond acceptors (Lipinski definition) is 5. The summed E-state index contributed by atoms with van der Waals surface area (Å²) in [6.07, 6.45) is 1.61. The van der Waals surface area contributed by atoms with Crippen molar-refractivity contribution in [3.63, 3.8) is 0 Å². The largest absolute Gasteiger partial charge is 0.489 e. The zero-order chi connectivity index (χ0) is 16.0. The van der Waals surface area contributed by atoms with E-state index in [0.29, 0.717) is 23.8 Å². The average molecular weight is 313 g/mol. The second-order valence-electron chi connectivity index (χ2n) is 5.15. The van der Waals surface area contributed by atoms with Crippen molar-refractivity contribution >= 4 is 17.4 Å². The number of halogens is 1. The van der Waals surface area contributed by atoms with Crippen molar-refractivity contribution in [1.82, 2.24) is 19.6 Å². The number of rotatable bonds is 1. The zero-order valence-electron chi connectivity index (χ0n) is 12.2. The third-order valence-corrected chi connectivity index (χ3v) is 3.65. The number of nitrogens with zero attached hydrogens (tertiary/aromatic N) is 5. The zero-order valence-corrected chi connectivity index (χ0v) is 12.2. The van der Waals surface area contributed by atoms with Gasteiger partial charge in [-0.2, -0.15) is 4.98 Å². The third kappa shape index (κ3) is 2.19. The van der Waals surface area contributed by atoms with Crippen molar-refractivity contribution in [2.75, 3.05) is 18.1 Å². The Bertz CT molecular complexity index is 923. The molecule has 1 aliphatic heterocycles. The van der Waals surface area contributed by atoms with Gasteiger partial charge in [-0.1, -0.05) is 0 Å². The highest BCUT2D eigenvalue weighted by molar-refractivity contribution is 6.04. The van der Waals surface area contributed by atoms with Crippen LogP contribution in [0.2, 0.25) is 0 Å². The molecule has 0 saturated carbocycles. The van der Waals surface area contributed by atoms with E-state index in [1.54, 1.807) is 12.3 Å². The Kier molecular flexibility index (Phi) is 2.97. The Morgan fingerprint density at radius 2 is 2.22 bits per heavy atom. The number of fused-ring (bicyclic) bond motifs is 2.